The second kappa shape index (κ2) is 9.01. The molecule has 0 aliphatic heterocycles. The summed E-state index contributed by atoms with van der Waals surface area (Å²) >= 11 is 12.4. The van der Waals surface area contributed by atoms with Gasteiger partial charge in [-0.15, -0.1) is 0 Å². The number of hydrogen-bond acceptors (Lipinski definition) is 4. The van der Waals surface area contributed by atoms with Crippen molar-refractivity contribution >= 4 is 40.3 Å². The summed E-state index contributed by atoms with van der Waals surface area (Å²) in [5.41, 5.74) is 1.09. The van der Waals surface area contributed by atoms with Crippen LogP contribution in [-0.4, -0.2) is 20.4 Å². The molecule has 4 aromatic rings. The number of para-hydroxylation sites is 1. The number of nitrogens with zero attached hydrogens (tertiary/aromatic N) is 3. The fourth-order valence-electron chi connectivity index (χ4n) is 3.36. The Kier molecular flexibility index (Phi) is 6.13. The van der Waals surface area contributed by atoms with E-state index >= 15 is 0 Å². The zero-order valence-corrected chi connectivity index (χ0v) is 18.6. The predicted molar refractivity (Wildman–Crippen MR) is 127 cm³/mol. The number of aliphatic imine (C=N–C) groups is 1. The average molecular weight is 485 g/mol. The van der Waals surface area contributed by atoms with E-state index in [-0.39, 0.29) is 32.6 Å². The quantitative estimate of drug-likeness (QED) is 0.203. The maximum Gasteiger partial charge on any atom is 0.288 e. The summed E-state index contributed by atoms with van der Waals surface area (Å²) in [5.74, 6) is -0.416. The third kappa shape index (κ3) is 4.44. The fraction of sp³-hybridized carbons (Fsp3) is 0.0435. The Balaban J connectivity index is 1.99. The Hall–Kier alpha value is -3.75. The van der Waals surface area contributed by atoms with Crippen LogP contribution in [0.1, 0.15) is 12.5 Å². The lowest BCUT2D eigenvalue weighted by molar-refractivity contribution is -0.384. The van der Waals surface area contributed by atoms with Gasteiger partial charge in [-0.3, -0.25) is 25.0 Å². The van der Waals surface area contributed by atoms with E-state index in [9.17, 15) is 19.3 Å². The third-order valence-corrected chi connectivity index (χ3v) is 5.51. The van der Waals surface area contributed by atoms with Crippen LogP contribution >= 0.6 is 23.2 Å². The van der Waals surface area contributed by atoms with Gasteiger partial charge in [-0.2, -0.15) is 0 Å². The van der Waals surface area contributed by atoms with Gasteiger partial charge >= 0.3 is 0 Å². The van der Waals surface area contributed by atoms with Gasteiger partial charge in [0.05, 0.1) is 38.3 Å². The highest BCUT2D eigenvalue weighted by atomic mass is 35.5. The number of nitro groups is 1. The van der Waals surface area contributed by atoms with E-state index in [4.69, 9.17) is 23.2 Å². The molecule has 0 saturated heterocycles. The topological polar surface area (TPSA) is 93.3 Å². The van der Waals surface area contributed by atoms with Gasteiger partial charge in [-0.1, -0.05) is 41.4 Å². The van der Waals surface area contributed by atoms with E-state index in [1.807, 2.05) is 0 Å². The molecule has 1 heterocycles. The number of rotatable bonds is 5. The molecule has 33 heavy (non-hydrogen) atoms. The molecule has 0 spiro atoms. The van der Waals surface area contributed by atoms with Crippen molar-refractivity contribution in [3.05, 3.63) is 109 Å². The summed E-state index contributed by atoms with van der Waals surface area (Å²) < 4.78 is 14.6. The minimum absolute atomic E-state index is 0.114. The second-order valence-electron chi connectivity index (χ2n) is 7.05. The first-order valence-corrected chi connectivity index (χ1v) is 10.4. The van der Waals surface area contributed by atoms with Crippen LogP contribution in [0.15, 0.2) is 76.5 Å². The summed E-state index contributed by atoms with van der Waals surface area (Å²) in [4.78, 5) is 28.7. The van der Waals surface area contributed by atoms with Gasteiger partial charge in [0.25, 0.3) is 11.2 Å². The van der Waals surface area contributed by atoms with Crippen LogP contribution in [0.25, 0.3) is 16.9 Å². The number of aromatic nitrogens is 2. The van der Waals surface area contributed by atoms with Gasteiger partial charge in [0.15, 0.2) is 0 Å². The molecule has 3 aromatic carbocycles. The highest BCUT2D eigenvalue weighted by Gasteiger charge is 2.24. The van der Waals surface area contributed by atoms with Gasteiger partial charge in [0.1, 0.15) is 10.8 Å². The zero-order chi connectivity index (χ0) is 23.7. The summed E-state index contributed by atoms with van der Waals surface area (Å²) in [6.07, 6.45) is 0. The Labute approximate surface area is 196 Å². The molecular formula is C23H15Cl2FN4O3. The van der Waals surface area contributed by atoms with Gasteiger partial charge in [0.2, 0.25) is 0 Å². The lowest BCUT2D eigenvalue weighted by Gasteiger charge is -2.07. The lowest BCUT2D eigenvalue weighted by Crippen LogP contribution is -2.19. The molecule has 0 saturated carbocycles. The van der Waals surface area contributed by atoms with Crippen LogP contribution < -0.4 is 5.56 Å². The summed E-state index contributed by atoms with van der Waals surface area (Å²) in [6, 6.07) is 16.7. The zero-order valence-electron chi connectivity index (χ0n) is 17.1. The molecule has 4 rings (SSSR count). The molecule has 0 atom stereocenters. The molecule has 166 valence electrons. The Bertz CT molecular complexity index is 1450. The van der Waals surface area contributed by atoms with Gasteiger partial charge in [-0.05, 0) is 49.4 Å². The van der Waals surface area contributed by atoms with Crippen LogP contribution in [0.5, 0.6) is 0 Å². The second-order valence-corrected chi connectivity index (χ2v) is 7.87. The molecule has 1 N–H and O–H groups in total. The smallest absolute Gasteiger partial charge is 0.288 e. The van der Waals surface area contributed by atoms with E-state index < -0.39 is 16.3 Å². The summed E-state index contributed by atoms with van der Waals surface area (Å²) in [6.45, 7) is 1.62. The standard InChI is InChI=1S/C23H15Cl2FN4O3/c1-13(27-15-9-7-14(26)8-10-15)21-22(17-11-20(30(32)33)19(25)12-18(17)24)28-29(23(21)31)16-5-3-2-4-6-16/h2-12,28H,1H3. The van der Waals surface area contributed by atoms with Gasteiger partial charge in [-0.25, -0.2) is 9.07 Å². The number of nitrogens with one attached hydrogen (secondary N) is 1. The molecular weight excluding hydrogens is 470 g/mol. The number of halogens is 3. The van der Waals surface area contributed by atoms with Crippen molar-refractivity contribution < 1.29 is 9.31 Å². The summed E-state index contributed by atoms with van der Waals surface area (Å²) in [5, 5.41) is 14.4. The first-order valence-electron chi connectivity index (χ1n) is 9.61. The minimum Gasteiger partial charge on any atom is -0.290 e. The van der Waals surface area contributed by atoms with Crippen LogP contribution in [0.3, 0.4) is 0 Å². The maximum atomic E-state index is 13.4. The average Bonchev–Trinajstić information content (AvgIpc) is 3.12. The lowest BCUT2D eigenvalue weighted by atomic mass is 10.0. The highest BCUT2D eigenvalue weighted by molar-refractivity contribution is 6.37. The van der Waals surface area contributed by atoms with Crippen molar-refractivity contribution in [2.24, 2.45) is 4.99 Å². The number of aromatic amines is 1. The number of nitro benzene ring substituents is 1. The number of benzene rings is 3. The molecule has 0 bridgehead atoms. The van der Waals surface area contributed by atoms with E-state index in [1.165, 1.54) is 41.1 Å². The Morgan fingerprint density at radius 2 is 1.73 bits per heavy atom. The minimum atomic E-state index is -0.631. The SMILES string of the molecule is CC(=Nc1ccc(F)cc1)c1c(-c2cc([N+](=O)[O-])c(Cl)cc2Cl)[nH]n(-c2ccccc2)c1=O. The molecule has 0 aliphatic carbocycles. The van der Waals surface area contributed by atoms with E-state index in [2.05, 4.69) is 10.1 Å². The van der Waals surface area contributed by atoms with Crippen molar-refractivity contribution in [1.82, 2.24) is 9.78 Å². The third-order valence-electron chi connectivity index (χ3n) is 4.89. The van der Waals surface area contributed by atoms with Crippen LogP contribution in [0.4, 0.5) is 15.8 Å². The van der Waals surface area contributed by atoms with Gasteiger partial charge < -0.3 is 0 Å². The van der Waals surface area contributed by atoms with Gasteiger partial charge in [0, 0.05) is 11.6 Å². The van der Waals surface area contributed by atoms with Crippen molar-refractivity contribution in [1.29, 1.82) is 0 Å². The molecule has 0 aliphatic rings. The van der Waals surface area contributed by atoms with Crippen molar-refractivity contribution in [2.75, 3.05) is 0 Å². The van der Waals surface area contributed by atoms with Crippen molar-refractivity contribution in [3.8, 4) is 16.9 Å². The van der Waals surface area contributed by atoms with Crippen LogP contribution in [0, 0.1) is 15.9 Å². The first kappa shape index (κ1) is 22.4. The van der Waals surface area contributed by atoms with Crippen molar-refractivity contribution in [3.63, 3.8) is 0 Å². The maximum absolute atomic E-state index is 13.4. The molecule has 0 unspecified atom stereocenters. The molecule has 0 radical (unpaired) electrons. The Morgan fingerprint density at radius 1 is 1.06 bits per heavy atom. The summed E-state index contributed by atoms with van der Waals surface area (Å²) in [7, 11) is 0. The monoisotopic (exact) mass is 484 g/mol. The van der Waals surface area contributed by atoms with Crippen LogP contribution in [0.2, 0.25) is 10.0 Å². The fourth-order valence-corrected chi connectivity index (χ4v) is 3.91. The molecule has 7 nitrogen and oxygen atoms in total. The largest absolute Gasteiger partial charge is 0.290 e. The molecule has 10 heteroatoms. The van der Waals surface area contributed by atoms with E-state index in [0.29, 0.717) is 17.1 Å². The van der Waals surface area contributed by atoms with Crippen molar-refractivity contribution in [2.45, 2.75) is 6.92 Å². The molecule has 1 aromatic heterocycles. The van der Waals surface area contributed by atoms with E-state index in [0.717, 1.165) is 0 Å². The molecule has 0 amide bonds. The Morgan fingerprint density at radius 3 is 2.36 bits per heavy atom. The van der Waals surface area contributed by atoms with Crippen LogP contribution in [-0.2, 0) is 0 Å². The molecule has 0 fully saturated rings. The van der Waals surface area contributed by atoms with E-state index in [1.54, 1.807) is 37.3 Å². The number of hydrogen-bond donors (Lipinski definition) is 1. The predicted octanol–water partition coefficient (Wildman–Crippen LogP) is 6.33. The normalized spacial score (nSPS) is 11.6. The number of H-pyrrole nitrogens is 1. The highest BCUT2D eigenvalue weighted by Crippen LogP contribution is 2.37. The first-order chi connectivity index (χ1) is 15.8.